The molecule has 90 valence electrons. The number of amides is 1. The number of nitrogens with two attached hydrogens (primary N) is 1. The smallest absolute Gasteiger partial charge is 0.251 e. The Bertz CT molecular complexity index is 347. The highest BCUT2D eigenvalue weighted by Gasteiger charge is 2.18. The maximum absolute atomic E-state index is 11.8. The van der Waals surface area contributed by atoms with Crippen LogP contribution >= 0.6 is 12.4 Å². The molecule has 3 N–H and O–H groups in total. The summed E-state index contributed by atoms with van der Waals surface area (Å²) in [6, 6.07) is 6.93. The fourth-order valence-electron chi connectivity index (χ4n) is 1.10. The minimum Gasteiger partial charge on any atom is -0.399 e. The van der Waals surface area contributed by atoms with E-state index in [9.17, 15) is 4.79 Å². The van der Waals surface area contributed by atoms with E-state index in [-0.39, 0.29) is 23.9 Å². The molecule has 1 amide bonds. The zero-order chi connectivity index (χ0) is 11.5. The lowest BCUT2D eigenvalue weighted by molar-refractivity contribution is 0.0911. The van der Waals surface area contributed by atoms with Crippen LogP contribution in [0.4, 0.5) is 5.69 Å². The molecule has 0 saturated heterocycles. The number of benzene rings is 1. The Morgan fingerprint density at radius 1 is 1.31 bits per heavy atom. The maximum atomic E-state index is 11.8. The van der Waals surface area contributed by atoms with Crippen molar-refractivity contribution in [3.05, 3.63) is 29.8 Å². The van der Waals surface area contributed by atoms with Gasteiger partial charge in [-0.05, 0) is 44.5 Å². The first kappa shape index (κ1) is 14.8. The molecule has 16 heavy (non-hydrogen) atoms. The quantitative estimate of drug-likeness (QED) is 0.801. The average Bonchev–Trinajstić information content (AvgIpc) is 2.18. The third-order valence-electron chi connectivity index (χ3n) is 2.51. The predicted molar refractivity (Wildman–Crippen MR) is 69.9 cm³/mol. The summed E-state index contributed by atoms with van der Waals surface area (Å²) < 4.78 is 0. The zero-order valence-electron chi connectivity index (χ0n) is 9.91. The van der Waals surface area contributed by atoms with Crippen LogP contribution in [0.1, 0.15) is 37.6 Å². The molecule has 0 atom stereocenters. The normalized spacial score (nSPS) is 10.4. The average molecular weight is 243 g/mol. The summed E-state index contributed by atoms with van der Waals surface area (Å²) in [5.74, 6) is -0.0538. The number of rotatable bonds is 3. The van der Waals surface area contributed by atoms with Crippen LogP contribution in [0, 0.1) is 0 Å². The molecule has 0 aliphatic carbocycles. The van der Waals surface area contributed by atoms with E-state index in [1.165, 1.54) is 0 Å². The van der Waals surface area contributed by atoms with Gasteiger partial charge in [0.15, 0.2) is 0 Å². The van der Waals surface area contributed by atoms with Gasteiger partial charge < -0.3 is 11.1 Å². The van der Waals surface area contributed by atoms with Crippen LogP contribution in [-0.2, 0) is 0 Å². The van der Waals surface area contributed by atoms with E-state index in [1.807, 2.05) is 20.8 Å². The molecule has 4 heteroatoms. The summed E-state index contributed by atoms with van der Waals surface area (Å²) in [4.78, 5) is 11.8. The van der Waals surface area contributed by atoms with Crippen molar-refractivity contribution >= 4 is 24.0 Å². The number of carbonyl (C=O) groups excluding carboxylic acids is 1. The number of nitrogens with one attached hydrogen (secondary N) is 1. The minimum atomic E-state index is -0.168. The standard InChI is InChI=1S/C12H18N2O.ClH/c1-4-12(2,3)14-11(15)9-5-7-10(13)8-6-9;/h5-8H,4,13H2,1-3H3,(H,14,15);1H. The van der Waals surface area contributed by atoms with Crippen LogP contribution in [0.3, 0.4) is 0 Å². The summed E-state index contributed by atoms with van der Waals surface area (Å²) in [5, 5.41) is 2.96. The lowest BCUT2D eigenvalue weighted by Crippen LogP contribution is -2.42. The van der Waals surface area contributed by atoms with Crippen molar-refractivity contribution in [2.24, 2.45) is 0 Å². The molecule has 1 aromatic rings. The highest BCUT2D eigenvalue weighted by Crippen LogP contribution is 2.10. The van der Waals surface area contributed by atoms with Crippen molar-refractivity contribution in [2.75, 3.05) is 5.73 Å². The predicted octanol–water partition coefficient (Wildman–Crippen LogP) is 2.61. The first-order valence-electron chi connectivity index (χ1n) is 5.12. The summed E-state index contributed by atoms with van der Waals surface area (Å²) >= 11 is 0. The van der Waals surface area contributed by atoms with Crippen molar-refractivity contribution in [3.8, 4) is 0 Å². The van der Waals surface area contributed by atoms with Gasteiger partial charge in [-0.2, -0.15) is 0 Å². The number of hydrogen-bond donors (Lipinski definition) is 2. The van der Waals surface area contributed by atoms with Crippen LogP contribution in [-0.4, -0.2) is 11.4 Å². The fraction of sp³-hybridized carbons (Fsp3) is 0.417. The van der Waals surface area contributed by atoms with Crippen molar-refractivity contribution in [2.45, 2.75) is 32.7 Å². The molecule has 0 heterocycles. The van der Waals surface area contributed by atoms with Crippen LogP contribution in [0.5, 0.6) is 0 Å². The van der Waals surface area contributed by atoms with Crippen molar-refractivity contribution in [1.29, 1.82) is 0 Å². The van der Waals surface area contributed by atoms with E-state index in [1.54, 1.807) is 24.3 Å². The topological polar surface area (TPSA) is 55.1 Å². The molecule has 1 rings (SSSR count). The second-order valence-electron chi connectivity index (χ2n) is 4.31. The van der Waals surface area contributed by atoms with Crippen molar-refractivity contribution in [1.82, 2.24) is 5.32 Å². The molecular weight excluding hydrogens is 224 g/mol. The van der Waals surface area contributed by atoms with E-state index in [2.05, 4.69) is 5.32 Å². The molecule has 0 aliphatic rings. The number of halogens is 1. The van der Waals surface area contributed by atoms with Crippen LogP contribution in [0.25, 0.3) is 0 Å². The Kier molecular flexibility index (Phi) is 5.31. The first-order chi connectivity index (χ1) is 6.94. The van der Waals surface area contributed by atoms with Gasteiger partial charge in [-0.25, -0.2) is 0 Å². The van der Waals surface area contributed by atoms with E-state index in [0.717, 1.165) is 6.42 Å². The lowest BCUT2D eigenvalue weighted by atomic mass is 10.0. The Labute approximate surface area is 103 Å². The van der Waals surface area contributed by atoms with Gasteiger partial charge in [-0.3, -0.25) is 4.79 Å². The molecule has 0 radical (unpaired) electrons. The molecule has 0 bridgehead atoms. The Balaban J connectivity index is 0.00000225. The maximum Gasteiger partial charge on any atom is 0.251 e. The molecular formula is C12H19ClN2O. The van der Waals surface area contributed by atoms with Crippen molar-refractivity contribution < 1.29 is 4.79 Å². The summed E-state index contributed by atoms with van der Waals surface area (Å²) in [7, 11) is 0. The van der Waals surface area contributed by atoms with Gasteiger partial charge in [-0.1, -0.05) is 6.92 Å². The Morgan fingerprint density at radius 2 is 1.81 bits per heavy atom. The SMILES string of the molecule is CCC(C)(C)NC(=O)c1ccc(N)cc1.Cl. The largest absolute Gasteiger partial charge is 0.399 e. The number of hydrogen-bond acceptors (Lipinski definition) is 2. The van der Waals surface area contributed by atoms with Gasteiger partial charge in [-0.15, -0.1) is 12.4 Å². The molecule has 3 nitrogen and oxygen atoms in total. The van der Waals surface area contributed by atoms with Crippen LogP contribution < -0.4 is 11.1 Å². The summed E-state index contributed by atoms with van der Waals surface area (Å²) in [5.41, 5.74) is 6.69. The van der Waals surface area contributed by atoms with E-state index in [4.69, 9.17) is 5.73 Å². The van der Waals surface area contributed by atoms with Gasteiger partial charge in [0.05, 0.1) is 0 Å². The van der Waals surface area contributed by atoms with E-state index < -0.39 is 0 Å². The highest BCUT2D eigenvalue weighted by molar-refractivity contribution is 5.94. The fourth-order valence-corrected chi connectivity index (χ4v) is 1.10. The molecule has 0 unspecified atom stereocenters. The Hall–Kier alpha value is -1.22. The third kappa shape index (κ3) is 4.11. The summed E-state index contributed by atoms with van der Waals surface area (Å²) in [6.45, 7) is 6.05. The van der Waals surface area contributed by atoms with Gasteiger partial charge in [0.2, 0.25) is 0 Å². The zero-order valence-corrected chi connectivity index (χ0v) is 10.7. The van der Waals surface area contributed by atoms with Gasteiger partial charge in [0.1, 0.15) is 0 Å². The monoisotopic (exact) mass is 242 g/mol. The second kappa shape index (κ2) is 5.75. The lowest BCUT2D eigenvalue weighted by Gasteiger charge is -2.24. The molecule has 0 aromatic heterocycles. The van der Waals surface area contributed by atoms with Gasteiger partial charge in [0.25, 0.3) is 5.91 Å². The number of carbonyl (C=O) groups is 1. The first-order valence-corrected chi connectivity index (χ1v) is 5.12. The molecule has 0 fully saturated rings. The molecule has 1 aromatic carbocycles. The van der Waals surface area contributed by atoms with Gasteiger partial charge >= 0.3 is 0 Å². The second-order valence-corrected chi connectivity index (χ2v) is 4.31. The third-order valence-corrected chi connectivity index (χ3v) is 2.51. The minimum absolute atomic E-state index is 0. The van der Waals surface area contributed by atoms with E-state index >= 15 is 0 Å². The molecule has 0 aliphatic heterocycles. The Morgan fingerprint density at radius 3 is 2.25 bits per heavy atom. The van der Waals surface area contributed by atoms with Crippen LogP contribution in [0.2, 0.25) is 0 Å². The van der Waals surface area contributed by atoms with Crippen molar-refractivity contribution in [3.63, 3.8) is 0 Å². The van der Waals surface area contributed by atoms with E-state index in [0.29, 0.717) is 11.3 Å². The highest BCUT2D eigenvalue weighted by atomic mass is 35.5. The number of anilines is 1. The molecule has 0 saturated carbocycles. The molecule has 0 spiro atoms. The van der Waals surface area contributed by atoms with Gasteiger partial charge in [0, 0.05) is 16.8 Å². The van der Waals surface area contributed by atoms with Crippen LogP contribution in [0.15, 0.2) is 24.3 Å². The summed E-state index contributed by atoms with van der Waals surface area (Å²) in [6.07, 6.45) is 0.897. The number of nitrogen functional groups attached to an aromatic ring is 1.